The molecule has 0 saturated carbocycles. The molecule has 100 valence electrons. The van der Waals surface area contributed by atoms with Crippen LogP contribution in [0.2, 0.25) is 0 Å². The van der Waals surface area contributed by atoms with Crippen LogP contribution in [0.5, 0.6) is 0 Å². The molecule has 2 rings (SSSR count). The van der Waals surface area contributed by atoms with Crippen LogP contribution in [0.25, 0.3) is 0 Å². The van der Waals surface area contributed by atoms with Gasteiger partial charge in [0.25, 0.3) is 0 Å². The smallest absolute Gasteiger partial charge is 0.177 e. The van der Waals surface area contributed by atoms with E-state index in [1.807, 2.05) is 0 Å². The van der Waals surface area contributed by atoms with E-state index in [-0.39, 0.29) is 21.1 Å². The molecule has 1 heteroatoms. The summed E-state index contributed by atoms with van der Waals surface area (Å²) >= 11 is 0. The first-order valence-electron chi connectivity index (χ1n) is 6.31. The minimum absolute atomic E-state index is 0. The Labute approximate surface area is 132 Å². The van der Waals surface area contributed by atoms with Crippen molar-refractivity contribution in [3.63, 3.8) is 0 Å². The van der Waals surface area contributed by atoms with Crippen LogP contribution >= 0.6 is 0 Å². The van der Waals surface area contributed by atoms with Gasteiger partial charge in [-0.05, 0) is 0 Å². The van der Waals surface area contributed by atoms with Crippen molar-refractivity contribution in [3.05, 3.63) is 69.8 Å². The first-order valence-corrected chi connectivity index (χ1v) is 6.31. The third kappa shape index (κ3) is 7.33. The first kappa shape index (κ1) is 18.1. The van der Waals surface area contributed by atoms with Crippen molar-refractivity contribution in [1.82, 2.24) is 0 Å². The van der Waals surface area contributed by atoms with Gasteiger partial charge in [-0.15, -0.1) is 0 Å². The fraction of sp³-hybridized carbons (Fsp3) is 0.333. The standard InChI is InChI=1S/2C9H11.Mo/c2*1-7-4-8(2)6-9(3)5-7;/h2*4-5H,1-3H3;/q2*-1;+2. The molecule has 0 bridgehead atoms. The zero-order valence-corrected chi connectivity index (χ0v) is 14.7. The van der Waals surface area contributed by atoms with Crippen molar-refractivity contribution in [2.24, 2.45) is 0 Å². The van der Waals surface area contributed by atoms with Gasteiger partial charge in [0.1, 0.15) is 0 Å². The summed E-state index contributed by atoms with van der Waals surface area (Å²) in [7, 11) is 0. The van der Waals surface area contributed by atoms with Gasteiger partial charge in [-0.2, -0.15) is 69.8 Å². The van der Waals surface area contributed by atoms with Crippen LogP contribution < -0.4 is 0 Å². The van der Waals surface area contributed by atoms with E-state index in [0.29, 0.717) is 0 Å². The number of hydrogen-bond acceptors (Lipinski definition) is 0. The maximum atomic E-state index is 3.21. The fourth-order valence-corrected chi connectivity index (χ4v) is 2.22. The topological polar surface area (TPSA) is 0 Å². The van der Waals surface area contributed by atoms with E-state index in [9.17, 15) is 0 Å². The van der Waals surface area contributed by atoms with E-state index in [0.717, 1.165) is 0 Å². The number of aryl methyl sites for hydroxylation is 6. The molecule has 0 fully saturated rings. The van der Waals surface area contributed by atoms with Crippen LogP contribution in [-0.4, -0.2) is 0 Å². The minimum Gasteiger partial charge on any atom is -0.177 e. The van der Waals surface area contributed by atoms with Crippen molar-refractivity contribution >= 4 is 0 Å². The number of rotatable bonds is 0. The Morgan fingerprint density at radius 2 is 0.737 bits per heavy atom. The summed E-state index contributed by atoms with van der Waals surface area (Å²) < 4.78 is 0. The fourth-order valence-electron chi connectivity index (χ4n) is 2.22. The molecule has 0 saturated heterocycles. The van der Waals surface area contributed by atoms with E-state index in [1.54, 1.807) is 0 Å². The largest absolute Gasteiger partial charge is 2.00 e. The molecule has 0 amide bonds. The average molecular weight is 334 g/mol. The van der Waals surface area contributed by atoms with Gasteiger partial charge >= 0.3 is 21.1 Å². The molecule has 0 aliphatic rings. The second kappa shape index (κ2) is 8.33. The third-order valence-electron chi connectivity index (χ3n) is 2.57. The Balaban J connectivity index is 0.000000324. The molecule has 0 spiro atoms. The molecule has 0 atom stereocenters. The number of benzene rings is 2. The molecule has 0 aromatic heterocycles. The van der Waals surface area contributed by atoms with Gasteiger partial charge in [-0.25, -0.2) is 0 Å². The molecule has 0 N–H and O–H groups in total. The first-order chi connectivity index (χ1) is 8.36. The molecule has 0 nitrogen and oxygen atoms in total. The van der Waals surface area contributed by atoms with Gasteiger partial charge in [-0.1, -0.05) is 41.5 Å². The van der Waals surface area contributed by atoms with Gasteiger partial charge in [0.2, 0.25) is 0 Å². The summed E-state index contributed by atoms with van der Waals surface area (Å²) in [5, 5.41) is 0. The maximum Gasteiger partial charge on any atom is 2.00 e. The summed E-state index contributed by atoms with van der Waals surface area (Å²) in [6.45, 7) is 12.5. The molecular weight excluding hydrogens is 312 g/mol. The Kier molecular flexibility index (Phi) is 7.95. The van der Waals surface area contributed by atoms with Gasteiger partial charge < -0.3 is 0 Å². The maximum absolute atomic E-state index is 3.21. The summed E-state index contributed by atoms with van der Waals surface area (Å²) in [5.74, 6) is 0. The Hall–Kier alpha value is -0.872. The van der Waals surface area contributed by atoms with Crippen molar-refractivity contribution in [1.29, 1.82) is 0 Å². The van der Waals surface area contributed by atoms with Crippen LogP contribution in [0.15, 0.2) is 24.3 Å². The molecule has 0 heterocycles. The Bertz CT molecular complexity index is 377. The predicted octanol–water partition coefficient (Wildman–Crippen LogP) is 4.82. The molecule has 19 heavy (non-hydrogen) atoms. The quantitative estimate of drug-likeness (QED) is 0.479. The van der Waals surface area contributed by atoms with E-state index < -0.39 is 0 Å². The SMILES string of the molecule is Cc1[c-]c(C)cc(C)c1.Cc1[c-]c(C)cc(C)c1.[Mo+2]. The summed E-state index contributed by atoms with van der Waals surface area (Å²) in [4.78, 5) is 0. The van der Waals surface area contributed by atoms with Crippen LogP contribution in [0.4, 0.5) is 0 Å². The monoisotopic (exact) mass is 336 g/mol. The van der Waals surface area contributed by atoms with E-state index in [4.69, 9.17) is 0 Å². The molecular formula is C18H22Mo. The van der Waals surface area contributed by atoms with Crippen molar-refractivity contribution in [3.8, 4) is 0 Å². The van der Waals surface area contributed by atoms with Gasteiger partial charge in [0, 0.05) is 0 Å². The van der Waals surface area contributed by atoms with E-state index in [1.165, 1.54) is 33.4 Å². The van der Waals surface area contributed by atoms with Crippen LogP contribution in [0.1, 0.15) is 33.4 Å². The van der Waals surface area contributed by atoms with Crippen LogP contribution in [-0.2, 0) is 21.1 Å². The van der Waals surface area contributed by atoms with Crippen LogP contribution in [0.3, 0.4) is 0 Å². The summed E-state index contributed by atoms with van der Waals surface area (Å²) in [6, 6.07) is 14.9. The zero-order chi connectivity index (χ0) is 13.7. The predicted molar refractivity (Wildman–Crippen MR) is 79.0 cm³/mol. The molecule has 0 aliphatic heterocycles. The van der Waals surface area contributed by atoms with Crippen molar-refractivity contribution < 1.29 is 21.1 Å². The van der Waals surface area contributed by atoms with Gasteiger partial charge in [0.15, 0.2) is 0 Å². The Morgan fingerprint density at radius 3 is 0.895 bits per heavy atom. The molecule has 2 aromatic rings. The molecule has 2 aromatic carbocycles. The van der Waals surface area contributed by atoms with Gasteiger partial charge in [0.05, 0.1) is 0 Å². The molecule has 0 unspecified atom stereocenters. The average Bonchev–Trinajstić information content (AvgIpc) is 2.12. The third-order valence-corrected chi connectivity index (χ3v) is 2.57. The molecule has 0 aliphatic carbocycles. The summed E-state index contributed by atoms with van der Waals surface area (Å²) in [5.41, 5.74) is 7.56. The Morgan fingerprint density at radius 1 is 0.526 bits per heavy atom. The van der Waals surface area contributed by atoms with E-state index >= 15 is 0 Å². The zero-order valence-electron chi connectivity index (χ0n) is 12.7. The summed E-state index contributed by atoms with van der Waals surface area (Å²) in [6.07, 6.45) is 0. The second-order valence-corrected chi connectivity index (χ2v) is 5.05. The normalized spacial score (nSPS) is 9.16. The minimum atomic E-state index is 0. The van der Waals surface area contributed by atoms with E-state index in [2.05, 4.69) is 77.9 Å². The molecule has 0 radical (unpaired) electrons. The van der Waals surface area contributed by atoms with Crippen LogP contribution in [0, 0.1) is 53.7 Å². The van der Waals surface area contributed by atoms with Crippen molar-refractivity contribution in [2.45, 2.75) is 41.5 Å². The second-order valence-electron chi connectivity index (χ2n) is 5.05. The van der Waals surface area contributed by atoms with Gasteiger partial charge in [-0.3, -0.25) is 0 Å². The van der Waals surface area contributed by atoms with Crippen molar-refractivity contribution in [2.75, 3.05) is 0 Å². The number of hydrogen-bond donors (Lipinski definition) is 0.